The van der Waals surface area contributed by atoms with Crippen LogP contribution in [0.5, 0.6) is 0 Å². The van der Waals surface area contributed by atoms with Crippen LogP contribution in [0.4, 0.5) is 17.1 Å². The van der Waals surface area contributed by atoms with Gasteiger partial charge in [-0.1, -0.05) is 0 Å². The van der Waals surface area contributed by atoms with Crippen molar-refractivity contribution in [1.82, 2.24) is 0 Å². The van der Waals surface area contributed by atoms with Gasteiger partial charge in [0.1, 0.15) is 0 Å². The Kier molecular flexibility index (Phi) is 10.9. The first-order valence-electron chi connectivity index (χ1n) is 7.67. The maximum atomic E-state index is 3.78. The van der Waals surface area contributed by atoms with Crippen LogP contribution in [-0.4, -0.2) is 0 Å². The first-order valence-corrected chi connectivity index (χ1v) is 17.2. The molecule has 0 amide bonds. The van der Waals surface area contributed by atoms with Crippen LogP contribution in [0.3, 0.4) is 0 Å². The molecule has 0 aliphatic heterocycles. The van der Waals surface area contributed by atoms with Gasteiger partial charge in [0.25, 0.3) is 0 Å². The molecule has 13 heteroatoms. The molecule has 0 spiro atoms. The van der Waals surface area contributed by atoms with Gasteiger partial charge in [-0.2, -0.15) is 0 Å². The van der Waals surface area contributed by atoms with Gasteiger partial charge in [0.15, 0.2) is 0 Å². The average molecular weight is 1190 g/mol. The van der Waals surface area contributed by atoms with Crippen LogP contribution in [0.15, 0.2) is 71.9 Å². The zero-order valence-electron chi connectivity index (χ0n) is 14.2. The highest BCUT2D eigenvalue weighted by Crippen LogP contribution is 2.54. The zero-order chi connectivity index (χ0) is 23.4. The molecule has 164 valence electrons. The van der Waals surface area contributed by atoms with Crippen molar-refractivity contribution in [2.24, 2.45) is 0 Å². The van der Waals surface area contributed by atoms with Crippen molar-refractivity contribution in [3.63, 3.8) is 0 Å². The van der Waals surface area contributed by atoms with Crippen molar-refractivity contribution < 1.29 is 0 Å². The highest BCUT2D eigenvalue weighted by molar-refractivity contribution is 9.16. The zero-order valence-corrected chi connectivity index (χ0v) is 33.2. The first kappa shape index (κ1) is 28.8. The number of rotatable bonds is 3. The monoisotopic (exact) mass is 1180 g/mol. The summed E-state index contributed by atoms with van der Waals surface area (Å²) in [6.07, 6.45) is 0. The molecule has 0 bridgehead atoms. The fourth-order valence-electron chi connectivity index (χ4n) is 2.56. The lowest BCUT2D eigenvalue weighted by atomic mass is 10.2. The lowest BCUT2D eigenvalue weighted by molar-refractivity contribution is 1.22. The fraction of sp³-hybridized carbons (Fsp3) is 0. The summed E-state index contributed by atoms with van der Waals surface area (Å²) < 4.78 is 10.8. The van der Waals surface area contributed by atoms with Gasteiger partial charge in [-0.3, -0.25) is 0 Å². The summed E-state index contributed by atoms with van der Waals surface area (Å²) in [5.74, 6) is 0. The molecule has 1 nitrogen and oxygen atoms in total. The third-order valence-electron chi connectivity index (χ3n) is 3.97. The summed E-state index contributed by atoms with van der Waals surface area (Å²) in [6, 6.07) is 6.14. The highest BCUT2D eigenvalue weighted by atomic mass is 79.9. The molecule has 0 aliphatic rings. The van der Waals surface area contributed by atoms with Crippen molar-refractivity contribution in [3.05, 3.63) is 71.9 Å². The van der Waals surface area contributed by atoms with E-state index in [-0.39, 0.29) is 0 Å². The smallest absolute Gasteiger partial charge is 0.0628 e. The van der Waals surface area contributed by atoms with E-state index in [2.05, 4.69) is 196 Å². The van der Waals surface area contributed by atoms with Gasteiger partial charge < -0.3 is 4.90 Å². The number of halogens is 12. The van der Waals surface area contributed by atoms with Crippen LogP contribution in [0.25, 0.3) is 0 Å². The van der Waals surface area contributed by atoms with Crippen LogP contribution in [0.2, 0.25) is 0 Å². The Labute approximate surface area is 280 Å². The maximum Gasteiger partial charge on any atom is 0.0628 e. The second-order valence-electron chi connectivity index (χ2n) is 5.79. The molecule has 0 radical (unpaired) electrons. The average Bonchev–Trinajstić information content (AvgIpc) is 2.74. The molecule has 0 N–H and O–H groups in total. The Hall–Kier alpha value is 3.22. The van der Waals surface area contributed by atoms with E-state index in [1.54, 1.807) is 0 Å². The number of hydrogen-bond donors (Lipinski definition) is 0. The van der Waals surface area contributed by atoms with Crippen LogP contribution in [0, 0.1) is 0 Å². The Morgan fingerprint density at radius 3 is 0.774 bits per heavy atom. The molecule has 0 fully saturated rings. The van der Waals surface area contributed by atoms with Gasteiger partial charge in [-0.05, 0) is 209 Å². The minimum atomic E-state index is 0.881. The van der Waals surface area contributed by atoms with Gasteiger partial charge in [0.05, 0.1) is 30.5 Å². The molecule has 3 rings (SSSR count). The molecule has 0 saturated heterocycles. The molecule has 31 heavy (non-hydrogen) atoms. The van der Waals surface area contributed by atoms with Crippen LogP contribution in [0.1, 0.15) is 0 Å². The Morgan fingerprint density at radius 2 is 0.548 bits per heavy atom. The van der Waals surface area contributed by atoms with E-state index in [0.717, 1.165) is 70.7 Å². The van der Waals surface area contributed by atoms with E-state index >= 15 is 0 Å². The molecule has 0 atom stereocenters. The van der Waals surface area contributed by atoms with Crippen molar-refractivity contribution >= 4 is 208 Å². The lowest BCUT2D eigenvalue weighted by Crippen LogP contribution is -2.13. The largest absolute Gasteiger partial charge is 0.307 e. The van der Waals surface area contributed by atoms with Gasteiger partial charge in [0, 0.05) is 40.3 Å². The number of nitrogens with zero attached hydrogens (tertiary/aromatic N) is 1. The third-order valence-corrected chi connectivity index (χ3v) is 17.9. The van der Waals surface area contributed by atoms with E-state index in [4.69, 9.17) is 0 Å². The minimum absolute atomic E-state index is 0.881. The van der Waals surface area contributed by atoms with Gasteiger partial charge in [-0.25, -0.2) is 0 Å². The van der Waals surface area contributed by atoms with Crippen LogP contribution < -0.4 is 4.90 Å². The summed E-state index contributed by atoms with van der Waals surface area (Å²) in [5.41, 5.74) is 2.72. The van der Waals surface area contributed by atoms with Crippen molar-refractivity contribution in [2.75, 3.05) is 4.90 Å². The lowest BCUT2D eigenvalue weighted by Gasteiger charge is -2.31. The van der Waals surface area contributed by atoms with Gasteiger partial charge in [-0.15, -0.1) is 0 Å². The second-order valence-corrected chi connectivity index (χ2v) is 15.5. The fourth-order valence-corrected chi connectivity index (χ4v) is 9.06. The quantitative estimate of drug-likeness (QED) is 0.187. The normalized spacial score (nSPS) is 11.2. The number of benzene rings is 3. The van der Waals surface area contributed by atoms with E-state index < -0.39 is 0 Å². The summed E-state index contributed by atoms with van der Waals surface area (Å²) in [7, 11) is 0. The summed E-state index contributed by atoms with van der Waals surface area (Å²) in [4.78, 5) is 2.14. The van der Waals surface area contributed by atoms with E-state index in [0.29, 0.717) is 0 Å². The number of hydrogen-bond acceptors (Lipinski definition) is 1. The topological polar surface area (TPSA) is 3.24 Å². The highest BCUT2D eigenvalue weighted by Gasteiger charge is 2.27. The molecule has 0 unspecified atom stereocenters. The molecule has 0 heterocycles. The summed E-state index contributed by atoms with van der Waals surface area (Å²) >= 11 is 44.2. The molecule has 0 aromatic heterocycles. The molecule has 0 aliphatic carbocycles. The predicted molar refractivity (Wildman–Crippen MR) is 174 cm³/mol. The van der Waals surface area contributed by atoms with E-state index in [9.17, 15) is 0 Å². The first-order chi connectivity index (χ1) is 14.4. The molecule has 3 aromatic rings. The SMILES string of the molecule is Brc1cc(N(c2cc(Br)c(Br)c(Br)c2Br)c2cc(Br)c(Br)c(Br)c2Br)c(Br)c(Br)c1Br. The predicted octanol–water partition coefficient (Wildman–Crippen LogP) is 14.3. The standard InChI is InChI=1S/C18H3Br12N/c19-4-1-7(13(25)16(28)10(4)22)31(8-2-5(20)11(23)17(29)14(8)26)9-3-6(21)12(24)18(30)15(9)27/h1-3H. The Balaban J connectivity index is 2.50. The van der Waals surface area contributed by atoms with E-state index in [1.165, 1.54) is 0 Å². The Bertz CT molecular complexity index is 1070. The minimum Gasteiger partial charge on any atom is -0.307 e. The summed E-state index contributed by atoms with van der Waals surface area (Å²) in [6.45, 7) is 0. The maximum absolute atomic E-state index is 3.78. The van der Waals surface area contributed by atoms with Crippen molar-refractivity contribution in [1.29, 1.82) is 0 Å². The van der Waals surface area contributed by atoms with Crippen molar-refractivity contribution in [2.45, 2.75) is 0 Å². The molecule has 3 aromatic carbocycles. The van der Waals surface area contributed by atoms with Crippen LogP contribution in [-0.2, 0) is 0 Å². The van der Waals surface area contributed by atoms with E-state index in [1.807, 2.05) is 18.2 Å². The number of anilines is 3. The molecule has 0 saturated carbocycles. The molecular weight excluding hydrogens is 1190 g/mol. The van der Waals surface area contributed by atoms with Crippen LogP contribution >= 0.6 is 191 Å². The van der Waals surface area contributed by atoms with Gasteiger partial charge in [0.2, 0.25) is 0 Å². The van der Waals surface area contributed by atoms with Crippen molar-refractivity contribution in [3.8, 4) is 0 Å². The second kappa shape index (κ2) is 11.7. The third kappa shape index (κ3) is 5.72. The Morgan fingerprint density at radius 1 is 0.323 bits per heavy atom. The molecular formula is C18H3Br12N. The van der Waals surface area contributed by atoms with Gasteiger partial charge >= 0.3 is 0 Å². The summed E-state index contributed by atoms with van der Waals surface area (Å²) in [5, 5.41) is 0.